The topological polar surface area (TPSA) is 52.0 Å². The summed E-state index contributed by atoms with van der Waals surface area (Å²) in [5.41, 5.74) is 6.76. The van der Waals surface area contributed by atoms with Crippen LogP contribution in [0.4, 0.5) is 0 Å². The Bertz CT molecular complexity index is 476. The van der Waals surface area contributed by atoms with Crippen LogP contribution < -0.4 is 5.73 Å². The van der Waals surface area contributed by atoms with Gasteiger partial charge in [-0.3, -0.25) is 0 Å². The van der Waals surface area contributed by atoms with Gasteiger partial charge in [-0.05, 0) is 18.7 Å². The lowest BCUT2D eigenvalue weighted by Crippen LogP contribution is -2.01. The highest BCUT2D eigenvalue weighted by atomic mass is 35.5. The molecule has 16 heavy (non-hydrogen) atoms. The summed E-state index contributed by atoms with van der Waals surface area (Å²) in [5.74, 6) is 0.730. The molecule has 0 aliphatic heterocycles. The highest BCUT2D eigenvalue weighted by molar-refractivity contribution is 6.39. The second-order valence-corrected chi connectivity index (χ2v) is 4.13. The summed E-state index contributed by atoms with van der Waals surface area (Å²) < 4.78 is 5.12. The second-order valence-electron chi connectivity index (χ2n) is 3.31. The fourth-order valence-corrected chi connectivity index (χ4v) is 2.02. The maximum atomic E-state index is 6.06. The first-order valence-electron chi connectivity index (χ1n) is 4.82. The SMILES string of the molecule is NCCc1cc(-c2c(Cl)cccc2Cl)no1. The fourth-order valence-electron chi connectivity index (χ4n) is 1.43. The molecule has 0 aliphatic rings. The smallest absolute Gasteiger partial charge is 0.138 e. The second kappa shape index (κ2) is 4.87. The molecule has 84 valence electrons. The first-order valence-corrected chi connectivity index (χ1v) is 5.58. The molecule has 0 amide bonds. The van der Waals surface area contributed by atoms with E-state index in [1.54, 1.807) is 24.3 Å². The number of aromatic nitrogens is 1. The third kappa shape index (κ3) is 2.21. The zero-order chi connectivity index (χ0) is 11.5. The zero-order valence-corrected chi connectivity index (χ0v) is 9.92. The summed E-state index contributed by atoms with van der Waals surface area (Å²) in [4.78, 5) is 0. The molecule has 0 saturated carbocycles. The van der Waals surface area contributed by atoms with Gasteiger partial charge in [0.2, 0.25) is 0 Å². The maximum absolute atomic E-state index is 6.06. The molecule has 0 radical (unpaired) electrons. The van der Waals surface area contributed by atoms with Gasteiger partial charge in [-0.25, -0.2) is 0 Å². The molecule has 1 aromatic carbocycles. The van der Waals surface area contributed by atoms with Crippen LogP contribution in [0.1, 0.15) is 5.76 Å². The van der Waals surface area contributed by atoms with Crippen molar-refractivity contribution in [3.63, 3.8) is 0 Å². The number of nitrogens with two attached hydrogens (primary N) is 1. The van der Waals surface area contributed by atoms with Crippen molar-refractivity contribution in [2.75, 3.05) is 6.54 Å². The van der Waals surface area contributed by atoms with Crippen molar-refractivity contribution in [2.24, 2.45) is 5.73 Å². The van der Waals surface area contributed by atoms with Crippen molar-refractivity contribution >= 4 is 23.2 Å². The summed E-state index contributed by atoms with van der Waals surface area (Å²) >= 11 is 12.1. The van der Waals surface area contributed by atoms with Gasteiger partial charge in [-0.2, -0.15) is 0 Å². The summed E-state index contributed by atoms with van der Waals surface area (Å²) in [5, 5.41) is 5.04. The Hall–Kier alpha value is -1.03. The Balaban J connectivity index is 2.42. The molecule has 0 aliphatic carbocycles. The quantitative estimate of drug-likeness (QED) is 0.918. The van der Waals surface area contributed by atoms with Crippen molar-refractivity contribution in [2.45, 2.75) is 6.42 Å². The Morgan fingerprint density at radius 3 is 2.56 bits per heavy atom. The lowest BCUT2D eigenvalue weighted by Gasteiger charge is -2.01. The molecular weight excluding hydrogens is 247 g/mol. The van der Waals surface area contributed by atoms with E-state index < -0.39 is 0 Å². The molecular formula is C11H10Cl2N2O. The molecule has 0 unspecified atom stereocenters. The number of benzene rings is 1. The van der Waals surface area contributed by atoms with E-state index in [-0.39, 0.29) is 0 Å². The van der Waals surface area contributed by atoms with Crippen LogP contribution in [0.2, 0.25) is 10.0 Å². The molecule has 0 atom stereocenters. The molecule has 0 bridgehead atoms. The van der Waals surface area contributed by atoms with Crippen LogP contribution in [0.5, 0.6) is 0 Å². The van der Waals surface area contributed by atoms with Gasteiger partial charge in [0, 0.05) is 18.1 Å². The molecule has 2 rings (SSSR count). The van der Waals surface area contributed by atoms with E-state index in [4.69, 9.17) is 33.5 Å². The van der Waals surface area contributed by atoms with Crippen LogP contribution in [0, 0.1) is 0 Å². The van der Waals surface area contributed by atoms with Crippen molar-refractivity contribution in [3.8, 4) is 11.3 Å². The van der Waals surface area contributed by atoms with Crippen LogP contribution in [0.3, 0.4) is 0 Å². The maximum Gasteiger partial charge on any atom is 0.138 e. The first kappa shape index (κ1) is 11.5. The van der Waals surface area contributed by atoms with Crippen molar-refractivity contribution in [1.82, 2.24) is 5.16 Å². The average molecular weight is 257 g/mol. The predicted octanol–water partition coefficient (Wildman–Crippen LogP) is 3.15. The highest BCUT2D eigenvalue weighted by Crippen LogP contribution is 2.33. The lowest BCUT2D eigenvalue weighted by atomic mass is 10.1. The minimum atomic E-state index is 0.519. The normalized spacial score (nSPS) is 10.7. The molecule has 0 fully saturated rings. The predicted molar refractivity (Wildman–Crippen MR) is 64.7 cm³/mol. The third-order valence-electron chi connectivity index (χ3n) is 2.17. The van der Waals surface area contributed by atoms with E-state index in [1.165, 1.54) is 0 Å². The van der Waals surface area contributed by atoms with Crippen molar-refractivity contribution in [3.05, 3.63) is 40.1 Å². The zero-order valence-electron chi connectivity index (χ0n) is 8.41. The largest absolute Gasteiger partial charge is 0.361 e. The van der Waals surface area contributed by atoms with Gasteiger partial charge in [0.15, 0.2) is 0 Å². The van der Waals surface area contributed by atoms with E-state index >= 15 is 0 Å². The van der Waals surface area contributed by atoms with Gasteiger partial charge in [0.05, 0.1) is 10.0 Å². The molecule has 1 heterocycles. The molecule has 1 aromatic heterocycles. The summed E-state index contributed by atoms with van der Waals surface area (Å²) in [7, 11) is 0. The average Bonchev–Trinajstić information content (AvgIpc) is 2.67. The molecule has 0 saturated heterocycles. The lowest BCUT2D eigenvalue weighted by molar-refractivity contribution is 0.386. The van der Waals surface area contributed by atoms with E-state index in [1.807, 2.05) is 0 Å². The Morgan fingerprint density at radius 2 is 1.94 bits per heavy atom. The van der Waals surface area contributed by atoms with Crippen molar-refractivity contribution < 1.29 is 4.52 Å². The third-order valence-corrected chi connectivity index (χ3v) is 2.80. The molecule has 2 N–H and O–H groups in total. The van der Waals surface area contributed by atoms with Gasteiger partial charge < -0.3 is 10.3 Å². The molecule has 5 heteroatoms. The number of hydrogen-bond donors (Lipinski definition) is 1. The molecule has 3 nitrogen and oxygen atoms in total. The van der Waals surface area contributed by atoms with E-state index in [2.05, 4.69) is 5.16 Å². The summed E-state index contributed by atoms with van der Waals surface area (Å²) in [6, 6.07) is 7.12. The van der Waals surface area contributed by atoms with Crippen LogP contribution in [0.25, 0.3) is 11.3 Å². The Morgan fingerprint density at radius 1 is 1.25 bits per heavy atom. The van der Waals surface area contributed by atoms with Crippen molar-refractivity contribution in [1.29, 1.82) is 0 Å². The highest BCUT2D eigenvalue weighted by Gasteiger charge is 2.12. The summed E-state index contributed by atoms with van der Waals surface area (Å²) in [6.45, 7) is 0.519. The van der Waals surface area contributed by atoms with Crippen LogP contribution in [-0.2, 0) is 6.42 Å². The summed E-state index contributed by atoms with van der Waals surface area (Å²) in [6.07, 6.45) is 0.648. The van der Waals surface area contributed by atoms with Gasteiger partial charge in [-0.1, -0.05) is 34.4 Å². The fraction of sp³-hybridized carbons (Fsp3) is 0.182. The van der Waals surface area contributed by atoms with Crippen LogP contribution >= 0.6 is 23.2 Å². The van der Waals surface area contributed by atoms with Gasteiger partial charge in [0.1, 0.15) is 11.5 Å². The number of hydrogen-bond acceptors (Lipinski definition) is 3. The van der Waals surface area contributed by atoms with Gasteiger partial charge >= 0.3 is 0 Å². The number of halogens is 2. The van der Waals surface area contributed by atoms with Gasteiger partial charge in [-0.15, -0.1) is 0 Å². The van der Waals surface area contributed by atoms with Gasteiger partial charge in [0.25, 0.3) is 0 Å². The Kier molecular flexibility index (Phi) is 3.49. The first-order chi connectivity index (χ1) is 7.72. The van der Waals surface area contributed by atoms with Crippen LogP contribution in [0.15, 0.2) is 28.8 Å². The molecule has 2 aromatic rings. The minimum absolute atomic E-state index is 0.519. The standard InChI is InChI=1S/C11H10Cl2N2O/c12-8-2-1-3-9(13)11(8)10-6-7(4-5-14)16-15-10/h1-3,6H,4-5,14H2. The van der Waals surface area contributed by atoms with E-state index in [0.29, 0.717) is 34.3 Å². The number of rotatable bonds is 3. The number of nitrogens with zero attached hydrogens (tertiary/aromatic N) is 1. The Labute approximate surface area is 103 Å². The van der Waals surface area contributed by atoms with E-state index in [9.17, 15) is 0 Å². The van der Waals surface area contributed by atoms with E-state index in [0.717, 1.165) is 5.76 Å². The van der Waals surface area contributed by atoms with Crippen LogP contribution in [-0.4, -0.2) is 11.7 Å². The minimum Gasteiger partial charge on any atom is -0.361 e. The monoisotopic (exact) mass is 256 g/mol. The molecule has 0 spiro atoms.